The van der Waals surface area contributed by atoms with Crippen molar-refractivity contribution in [1.82, 2.24) is 5.32 Å². The maximum atomic E-state index is 13.6. The molecule has 206 valence electrons. The first-order valence-corrected chi connectivity index (χ1v) is 14.6. The summed E-state index contributed by atoms with van der Waals surface area (Å²) in [6.45, 7) is 5.70. The van der Waals surface area contributed by atoms with Crippen LogP contribution in [0.2, 0.25) is 0 Å². The summed E-state index contributed by atoms with van der Waals surface area (Å²) in [5, 5.41) is 5.29. The first-order chi connectivity index (χ1) is 18.1. The van der Waals surface area contributed by atoms with Gasteiger partial charge in [-0.15, -0.1) is 20.8 Å². The number of halogens is 3. The van der Waals surface area contributed by atoms with Crippen molar-refractivity contribution >= 4 is 19.6 Å². The lowest BCUT2D eigenvalue weighted by molar-refractivity contribution is -0.138. The maximum Gasteiger partial charge on any atom is 0.694 e. The van der Waals surface area contributed by atoms with Crippen molar-refractivity contribution in [2.75, 3.05) is 19.8 Å². The van der Waals surface area contributed by atoms with E-state index in [2.05, 4.69) is 15.9 Å². The molecule has 2 aromatic carbocycles. The first-order valence-electron chi connectivity index (χ1n) is 12.6. The fraction of sp³-hybridized carbons (Fsp3) is 0.429. The van der Waals surface area contributed by atoms with Gasteiger partial charge in [0.1, 0.15) is 12.4 Å². The van der Waals surface area contributed by atoms with Crippen LogP contribution >= 0.6 is 19.6 Å². The molecule has 1 unspecified atom stereocenters. The van der Waals surface area contributed by atoms with Crippen molar-refractivity contribution in [3.63, 3.8) is 0 Å². The van der Waals surface area contributed by atoms with Gasteiger partial charge in [-0.25, -0.2) is 0 Å². The standard InChI is InChI=1S/C28H33F3NO4PS/c1-20(2)16-23-10-8-21(18-25(23)28(29,30)31)6-3-13-35-26-11-9-22(17-24(26)27-7-4-15-38-27)19-32-12-5-14-36-37(33)34/h4,7-11,15,17-18,20,32H,3,5-6,12-14,16,19H2,1-2H3/p+1. The van der Waals surface area contributed by atoms with Gasteiger partial charge in [-0.3, -0.25) is 0 Å². The summed E-state index contributed by atoms with van der Waals surface area (Å²) >= 11 is 1.61. The predicted octanol–water partition coefficient (Wildman–Crippen LogP) is 7.79. The van der Waals surface area contributed by atoms with Gasteiger partial charge in [0.05, 0.1) is 12.2 Å². The van der Waals surface area contributed by atoms with E-state index in [0.717, 1.165) is 21.8 Å². The van der Waals surface area contributed by atoms with Crippen LogP contribution in [0, 0.1) is 5.92 Å². The number of rotatable bonds is 15. The lowest BCUT2D eigenvalue weighted by Crippen LogP contribution is -2.16. The van der Waals surface area contributed by atoms with Crippen LogP contribution in [-0.2, 0) is 34.7 Å². The van der Waals surface area contributed by atoms with Crippen molar-refractivity contribution in [2.45, 2.75) is 52.3 Å². The normalized spacial score (nSPS) is 12.2. The van der Waals surface area contributed by atoms with Gasteiger partial charge in [0, 0.05) is 21.6 Å². The Morgan fingerprint density at radius 1 is 1.05 bits per heavy atom. The zero-order chi connectivity index (χ0) is 27.5. The lowest BCUT2D eigenvalue weighted by atomic mass is 9.95. The third-order valence-electron chi connectivity index (χ3n) is 5.83. The van der Waals surface area contributed by atoms with Crippen LogP contribution in [-0.4, -0.2) is 24.7 Å². The van der Waals surface area contributed by atoms with E-state index in [4.69, 9.17) is 9.63 Å². The Hall–Kier alpha value is -2.29. The van der Waals surface area contributed by atoms with E-state index >= 15 is 0 Å². The van der Waals surface area contributed by atoms with E-state index in [-0.39, 0.29) is 12.5 Å². The third kappa shape index (κ3) is 9.79. The van der Waals surface area contributed by atoms with Crippen LogP contribution in [0.3, 0.4) is 0 Å². The summed E-state index contributed by atoms with van der Waals surface area (Å²) in [6.07, 6.45) is -2.26. The molecule has 2 N–H and O–H groups in total. The molecule has 1 aromatic heterocycles. The summed E-state index contributed by atoms with van der Waals surface area (Å²) in [5.74, 6) is 0.884. The van der Waals surface area contributed by atoms with Gasteiger partial charge in [0.25, 0.3) is 0 Å². The Bertz CT molecular complexity index is 1170. The van der Waals surface area contributed by atoms with Gasteiger partial charge in [-0.2, -0.15) is 13.2 Å². The van der Waals surface area contributed by atoms with E-state index in [9.17, 15) is 17.7 Å². The van der Waals surface area contributed by atoms with Gasteiger partial charge in [-0.05, 0) is 84.5 Å². The zero-order valence-corrected chi connectivity index (χ0v) is 23.3. The summed E-state index contributed by atoms with van der Waals surface area (Å²) in [6, 6.07) is 14.7. The smallest absolute Gasteiger partial charge is 0.493 e. The Morgan fingerprint density at radius 3 is 2.53 bits per heavy atom. The minimum absolute atomic E-state index is 0.148. The number of ether oxygens (including phenoxy) is 1. The molecular formula is C28H34F3NO4PS+. The average molecular weight is 569 g/mol. The molecule has 10 heteroatoms. The lowest BCUT2D eigenvalue weighted by Gasteiger charge is -2.16. The monoisotopic (exact) mass is 568 g/mol. The zero-order valence-electron chi connectivity index (χ0n) is 21.6. The highest BCUT2D eigenvalue weighted by Gasteiger charge is 2.33. The van der Waals surface area contributed by atoms with E-state index < -0.39 is 20.0 Å². The number of alkyl halides is 3. The minimum atomic E-state index is -4.36. The molecule has 0 aliphatic rings. The van der Waals surface area contributed by atoms with Gasteiger partial charge in [-0.1, -0.05) is 38.1 Å². The molecule has 1 atom stereocenters. The predicted molar refractivity (Wildman–Crippen MR) is 146 cm³/mol. The number of nitrogens with one attached hydrogen (secondary N) is 1. The Kier molecular flexibility index (Phi) is 11.7. The molecule has 0 saturated carbocycles. The summed E-state index contributed by atoms with van der Waals surface area (Å²) < 4.78 is 62.1. The highest BCUT2D eigenvalue weighted by atomic mass is 32.1. The molecule has 0 bridgehead atoms. The first kappa shape index (κ1) is 30.3. The molecule has 3 aromatic rings. The SMILES string of the molecule is CC(C)Cc1ccc(CCCOc2ccc(CNCCCO[P+](=O)O)cc2-c2cccs2)cc1C(F)(F)F. The largest absolute Gasteiger partial charge is 0.694 e. The van der Waals surface area contributed by atoms with Crippen molar-refractivity contribution in [1.29, 1.82) is 0 Å². The molecule has 1 heterocycles. The Balaban J connectivity index is 1.58. The molecule has 0 spiro atoms. The molecule has 5 nitrogen and oxygen atoms in total. The summed E-state index contributed by atoms with van der Waals surface area (Å²) in [4.78, 5) is 9.73. The molecule has 3 rings (SSSR count). The number of hydrogen-bond donors (Lipinski definition) is 2. The number of hydrogen-bond acceptors (Lipinski definition) is 5. The second-order valence-electron chi connectivity index (χ2n) is 9.45. The van der Waals surface area contributed by atoms with Crippen molar-refractivity contribution in [2.24, 2.45) is 5.92 Å². The highest BCUT2D eigenvalue weighted by Crippen LogP contribution is 2.35. The Labute approximate surface area is 227 Å². The number of aryl methyl sites for hydroxylation is 1. The van der Waals surface area contributed by atoms with Crippen LogP contribution in [0.1, 0.15) is 48.9 Å². The van der Waals surface area contributed by atoms with Crippen molar-refractivity contribution in [3.05, 3.63) is 76.2 Å². The molecule has 0 aliphatic carbocycles. The number of thiophene rings is 1. The molecule has 0 fully saturated rings. The van der Waals surface area contributed by atoms with Gasteiger partial charge >= 0.3 is 14.4 Å². The van der Waals surface area contributed by atoms with E-state index in [0.29, 0.717) is 56.5 Å². The summed E-state index contributed by atoms with van der Waals surface area (Å²) in [7, 11) is -2.56. The highest BCUT2D eigenvalue weighted by molar-refractivity contribution is 7.32. The minimum Gasteiger partial charge on any atom is -0.493 e. The Morgan fingerprint density at radius 2 is 1.84 bits per heavy atom. The molecule has 0 radical (unpaired) electrons. The summed E-state index contributed by atoms with van der Waals surface area (Å²) in [5.41, 5.74) is 2.50. The molecule has 0 aliphatic heterocycles. The van der Waals surface area contributed by atoms with E-state index in [1.54, 1.807) is 23.5 Å². The fourth-order valence-electron chi connectivity index (χ4n) is 4.13. The van der Waals surface area contributed by atoms with Crippen LogP contribution in [0.4, 0.5) is 13.2 Å². The fourth-order valence-corrected chi connectivity index (χ4v) is 5.16. The van der Waals surface area contributed by atoms with Gasteiger partial charge < -0.3 is 10.1 Å². The molecular weight excluding hydrogens is 534 g/mol. The van der Waals surface area contributed by atoms with Gasteiger partial charge in [0.15, 0.2) is 0 Å². The second kappa shape index (κ2) is 14.8. The third-order valence-corrected chi connectivity index (χ3v) is 7.14. The molecule has 38 heavy (non-hydrogen) atoms. The van der Waals surface area contributed by atoms with Crippen molar-refractivity contribution in [3.8, 4) is 16.2 Å². The van der Waals surface area contributed by atoms with Crippen LogP contribution in [0.25, 0.3) is 10.4 Å². The number of benzene rings is 2. The topological polar surface area (TPSA) is 67.8 Å². The van der Waals surface area contributed by atoms with Crippen LogP contribution in [0.5, 0.6) is 5.75 Å². The van der Waals surface area contributed by atoms with E-state index in [1.165, 1.54) is 6.07 Å². The van der Waals surface area contributed by atoms with Crippen LogP contribution in [0.15, 0.2) is 53.9 Å². The maximum absolute atomic E-state index is 13.6. The van der Waals surface area contributed by atoms with Crippen molar-refractivity contribution < 1.29 is 31.9 Å². The molecule has 0 amide bonds. The van der Waals surface area contributed by atoms with Gasteiger partial charge in [0.2, 0.25) is 0 Å². The second-order valence-corrected chi connectivity index (χ2v) is 11.1. The molecule has 0 saturated heterocycles. The van der Waals surface area contributed by atoms with Crippen LogP contribution < -0.4 is 10.1 Å². The quantitative estimate of drug-likeness (QED) is 0.145. The average Bonchev–Trinajstić information content (AvgIpc) is 3.39. The van der Waals surface area contributed by atoms with E-state index in [1.807, 2.05) is 43.5 Å².